The number of fused-ring (bicyclic) bond motifs is 5. The molecule has 2 aliphatic heterocycles. The van der Waals surface area contributed by atoms with Crippen molar-refractivity contribution in [1.82, 2.24) is 0 Å². The van der Waals surface area contributed by atoms with E-state index in [9.17, 15) is 4.79 Å². The SMILES string of the molecule is C=C1C(=C)C23CCC1CC2C12CCCC4(OC1OC)C(C)C4(C)C2C(=C)C3=O. The second kappa shape index (κ2) is 4.75. The molecule has 3 nitrogen and oxygen atoms in total. The fraction of sp³-hybridized carbons (Fsp3) is 0.720. The number of allylic oxidation sites excluding steroid dienone is 3. The van der Waals surface area contributed by atoms with E-state index in [1.807, 2.05) is 0 Å². The highest BCUT2D eigenvalue weighted by atomic mass is 16.7. The Balaban J connectivity index is 1.64. The van der Waals surface area contributed by atoms with Gasteiger partial charge < -0.3 is 9.47 Å². The molecule has 0 aromatic heterocycles. The molecule has 3 heteroatoms. The van der Waals surface area contributed by atoms with Gasteiger partial charge in [-0.1, -0.05) is 33.6 Å². The third kappa shape index (κ3) is 1.38. The number of hydrogen-bond acceptors (Lipinski definition) is 3. The van der Waals surface area contributed by atoms with Gasteiger partial charge in [0.25, 0.3) is 0 Å². The molecular formula is C25H32O3. The van der Waals surface area contributed by atoms with E-state index in [2.05, 4.69) is 33.6 Å². The third-order valence-corrected chi connectivity index (χ3v) is 10.8. The highest BCUT2D eigenvalue weighted by Crippen LogP contribution is 2.85. The minimum absolute atomic E-state index is 0.0120. The quantitative estimate of drug-likeness (QED) is 0.611. The van der Waals surface area contributed by atoms with Crippen LogP contribution < -0.4 is 0 Å². The predicted octanol–water partition coefficient (Wildman–Crippen LogP) is 4.84. The van der Waals surface area contributed by atoms with Crippen molar-refractivity contribution in [2.24, 2.45) is 39.9 Å². The number of carbonyl (C=O) groups excluding carboxylic acids is 1. The normalized spacial score (nSPS) is 58.9. The molecule has 0 N–H and O–H groups in total. The minimum Gasteiger partial charge on any atom is -0.355 e. The van der Waals surface area contributed by atoms with Crippen LogP contribution in [0.1, 0.15) is 52.4 Å². The van der Waals surface area contributed by atoms with Crippen molar-refractivity contribution in [1.29, 1.82) is 0 Å². The zero-order chi connectivity index (χ0) is 19.9. The first-order valence-corrected chi connectivity index (χ1v) is 11.1. The maximum Gasteiger partial charge on any atom is 0.169 e. The molecule has 8 rings (SSSR count). The fourth-order valence-corrected chi connectivity index (χ4v) is 9.49. The number of ketones is 1. The number of Topliss-reactive ketones (excluding diaryl/α,β-unsaturated/α-hetero) is 1. The summed E-state index contributed by atoms with van der Waals surface area (Å²) in [6, 6.07) is 0. The molecule has 9 unspecified atom stereocenters. The van der Waals surface area contributed by atoms with Crippen molar-refractivity contribution in [2.75, 3.05) is 7.11 Å². The molecule has 28 heavy (non-hydrogen) atoms. The molecule has 9 atom stereocenters. The molecule has 8 aliphatic rings. The van der Waals surface area contributed by atoms with Crippen LogP contribution in [0.3, 0.4) is 0 Å². The average molecular weight is 381 g/mol. The van der Waals surface area contributed by atoms with Gasteiger partial charge >= 0.3 is 0 Å². The molecule has 0 amide bonds. The molecule has 0 aromatic carbocycles. The zero-order valence-corrected chi connectivity index (χ0v) is 17.5. The maximum absolute atomic E-state index is 14.1. The van der Waals surface area contributed by atoms with E-state index >= 15 is 0 Å². The summed E-state index contributed by atoms with van der Waals surface area (Å²) in [6.07, 6.45) is 5.97. The smallest absolute Gasteiger partial charge is 0.169 e. The van der Waals surface area contributed by atoms with E-state index in [-0.39, 0.29) is 40.3 Å². The Hall–Kier alpha value is -1.19. The molecule has 2 saturated heterocycles. The molecule has 4 bridgehead atoms. The minimum atomic E-state index is -0.529. The molecule has 150 valence electrons. The second-order valence-electron chi connectivity index (χ2n) is 10.8. The first-order chi connectivity index (χ1) is 13.2. The molecule has 0 radical (unpaired) electrons. The molecule has 0 aromatic rings. The van der Waals surface area contributed by atoms with Crippen LogP contribution in [0.5, 0.6) is 0 Å². The highest BCUT2D eigenvalue weighted by Gasteiger charge is 2.87. The van der Waals surface area contributed by atoms with Crippen LogP contribution in [0.4, 0.5) is 0 Å². The van der Waals surface area contributed by atoms with E-state index in [0.717, 1.165) is 55.2 Å². The summed E-state index contributed by atoms with van der Waals surface area (Å²) in [5.41, 5.74) is 2.05. The lowest BCUT2D eigenvalue weighted by molar-refractivity contribution is -0.302. The van der Waals surface area contributed by atoms with Crippen molar-refractivity contribution in [3.8, 4) is 0 Å². The van der Waals surface area contributed by atoms with Crippen molar-refractivity contribution >= 4 is 5.78 Å². The van der Waals surface area contributed by atoms with Gasteiger partial charge in [-0.05, 0) is 73.0 Å². The molecule has 8 fully saturated rings. The number of hydrogen-bond donors (Lipinski definition) is 0. The van der Waals surface area contributed by atoms with Gasteiger partial charge in [0.15, 0.2) is 12.1 Å². The Kier molecular flexibility index (Phi) is 3.00. The molecule has 2 heterocycles. The summed E-state index contributed by atoms with van der Waals surface area (Å²) in [4.78, 5) is 14.1. The van der Waals surface area contributed by atoms with E-state index in [0.29, 0.717) is 11.8 Å². The first-order valence-electron chi connectivity index (χ1n) is 11.1. The van der Waals surface area contributed by atoms with Crippen LogP contribution in [-0.2, 0) is 14.3 Å². The molecule has 6 saturated carbocycles. The summed E-state index contributed by atoms with van der Waals surface area (Å²) < 4.78 is 13.0. The lowest BCUT2D eigenvalue weighted by Crippen LogP contribution is -2.69. The Bertz CT molecular complexity index is 871. The Labute approximate surface area is 168 Å². The van der Waals surface area contributed by atoms with Crippen molar-refractivity contribution in [3.63, 3.8) is 0 Å². The number of carbonyl (C=O) groups is 1. The predicted molar refractivity (Wildman–Crippen MR) is 107 cm³/mol. The average Bonchev–Trinajstić information content (AvgIpc) is 3.26. The maximum atomic E-state index is 14.1. The molecule has 3 spiro atoms. The van der Waals surface area contributed by atoms with E-state index in [1.165, 1.54) is 0 Å². The second-order valence-corrected chi connectivity index (χ2v) is 10.8. The lowest BCUT2D eigenvalue weighted by Gasteiger charge is -2.68. The van der Waals surface area contributed by atoms with E-state index in [1.54, 1.807) is 7.11 Å². The van der Waals surface area contributed by atoms with E-state index < -0.39 is 5.41 Å². The Morgan fingerprint density at radius 3 is 2.61 bits per heavy atom. The van der Waals surface area contributed by atoms with Crippen molar-refractivity contribution < 1.29 is 14.3 Å². The fourth-order valence-electron chi connectivity index (χ4n) is 9.49. The largest absolute Gasteiger partial charge is 0.355 e. The summed E-state index contributed by atoms with van der Waals surface area (Å²) in [5, 5.41) is 0. The number of ether oxygens (including phenoxy) is 2. The van der Waals surface area contributed by atoms with E-state index in [4.69, 9.17) is 9.47 Å². The summed E-state index contributed by atoms with van der Waals surface area (Å²) >= 11 is 0. The van der Waals surface area contributed by atoms with Gasteiger partial charge in [0.2, 0.25) is 0 Å². The Morgan fingerprint density at radius 1 is 1.14 bits per heavy atom. The topological polar surface area (TPSA) is 35.5 Å². The number of methoxy groups -OCH3 is 1. The Morgan fingerprint density at radius 2 is 1.89 bits per heavy atom. The summed E-state index contributed by atoms with van der Waals surface area (Å²) in [5.74, 6) is 1.52. The molecule has 6 aliphatic carbocycles. The lowest BCUT2D eigenvalue weighted by atomic mass is 9.36. The highest BCUT2D eigenvalue weighted by molar-refractivity contribution is 6.05. The third-order valence-electron chi connectivity index (χ3n) is 10.8. The van der Waals surface area contributed by atoms with Crippen LogP contribution in [0.15, 0.2) is 36.5 Å². The first kappa shape index (κ1) is 17.7. The van der Waals surface area contributed by atoms with Crippen LogP contribution in [-0.4, -0.2) is 24.8 Å². The van der Waals surface area contributed by atoms with Crippen molar-refractivity contribution in [3.05, 3.63) is 36.5 Å². The van der Waals surface area contributed by atoms with Gasteiger partial charge in [-0.3, -0.25) is 4.79 Å². The molecular weight excluding hydrogens is 348 g/mol. The van der Waals surface area contributed by atoms with Crippen LogP contribution in [0.25, 0.3) is 0 Å². The summed E-state index contributed by atoms with van der Waals surface area (Å²) in [6.45, 7) is 17.9. The van der Waals surface area contributed by atoms with Gasteiger partial charge in [0.05, 0.1) is 11.0 Å². The van der Waals surface area contributed by atoms with Gasteiger partial charge in [-0.15, -0.1) is 0 Å². The van der Waals surface area contributed by atoms with Gasteiger partial charge in [0, 0.05) is 23.9 Å². The standard InChI is InChI=1S/C25H32O3/c1-13-15(3)23-11-8-17(13)12-18(23)24-9-7-10-25(28-21(24)27-6)16(4)22(25,5)19(24)14(2)20(23)26/h16-19,21H,1-3,7-12H2,4-6H3. The number of rotatable bonds is 1. The van der Waals surface area contributed by atoms with Crippen molar-refractivity contribution in [2.45, 2.75) is 64.3 Å². The van der Waals surface area contributed by atoms with Gasteiger partial charge in [-0.25, -0.2) is 0 Å². The summed E-state index contributed by atoms with van der Waals surface area (Å²) in [7, 11) is 1.79. The van der Waals surface area contributed by atoms with Crippen LogP contribution >= 0.6 is 0 Å². The monoisotopic (exact) mass is 380 g/mol. The van der Waals surface area contributed by atoms with Gasteiger partial charge in [-0.2, -0.15) is 0 Å². The zero-order valence-electron chi connectivity index (χ0n) is 17.5. The van der Waals surface area contributed by atoms with Gasteiger partial charge in [0.1, 0.15) is 0 Å². The van der Waals surface area contributed by atoms with Crippen LogP contribution in [0.2, 0.25) is 0 Å². The van der Waals surface area contributed by atoms with Crippen LogP contribution in [0, 0.1) is 39.9 Å².